The van der Waals surface area contributed by atoms with Crippen LogP contribution in [-0.4, -0.2) is 34.8 Å². The van der Waals surface area contributed by atoms with Crippen LogP contribution in [0.1, 0.15) is 19.4 Å². The first-order valence-electron chi connectivity index (χ1n) is 6.17. The summed E-state index contributed by atoms with van der Waals surface area (Å²) in [5.41, 5.74) is 0.149. The van der Waals surface area contributed by atoms with Crippen molar-refractivity contribution < 1.29 is 14.6 Å². The van der Waals surface area contributed by atoms with Gasteiger partial charge < -0.3 is 14.7 Å². The van der Waals surface area contributed by atoms with Crippen LogP contribution in [0.2, 0.25) is 0 Å². The second kappa shape index (κ2) is 4.98. The second-order valence-corrected chi connectivity index (χ2v) is 5.18. The summed E-state index contributed by atoms with van der Waals surface area (Å²) in [6.07, 6.45) is -0.358. The molecule has 1 N–H and O–H groups in total. The van der Waals surface area contributed by atoms with E-state index in [0.29, 0.717) is 13.1 Å². The largest absolute Gasteiger partial charge is 0.445 e. The lowest BCUT2D eigenvalue weighted by atomic mass is 9.95. The number of aliphatic hydroxyl groups is 1. The molecule has 0 aliphatic carbocycles. The topological polar surface area (TPSA) is 49.8 Å². The van der Waals surface area contributed by atoms with E-state index in [1.807, 2.05) is 37.3 Å². The maximum Gasteiger partial charge on any atom is 0.410 e. The van der Waals surface area contributed by atoms with E-state index >= 15 is 0 Å². The molecule has 1 amide bonds. The van der Waals surface area contributed by atoms with Gasteiger partial charge in [-0.3, -0.25) is 0 Å². The fourth-order valence-electron chi connectivity index (χ4n) is 2.08. The van der Waals surface area contributed by atoms with Crippen molar-refractivity contribution >= 4 is 6.09 Å². The number of likely N-dealkylation sites (tertiary alicyclic amines) is 1. The molecule has 18 heavy (non-hydrogen) atoms. The van der Waals surface area contributed by atoms with E-state index in [0.717, 1.165) is 5.56 Å². The van der Waals surface area contributed by atoms with Gasteiger partial charge >= 0.3 is 6.09 Å². The summed E-state index contributed by atoms with van der Waals surface area (Å²) in [6.45, 7) is 4.84. The lowest BCUT2D eigenvalue weighted by molar-refractivity contribution is 0.0343. The third-order valence-electron chi connectivity index (χ3n) is 3.53. The van der Waals surface area contributed by atoms with Crippen LogP contribution < -0.4 is 0 Å². The minimum atomic E-state index is -0.814. The molecule has 0 aromatic heterocycles. The highest BCUT2D eigenvalue weighted by Gasteiger charge is 2.41. The van der Waals surface area contributed by atoms with Gasteiger partial charge in [-0.05, 0) is 12.5 Å². The first-order valence-corrected chi connectivity index (χ1v) is 6.17. The molecular formula is C14H19NO3. The number of hydrogen-bond donors (Lipinski definition) is 1. The lowest BCUT2D eigenvalue weighted by Gasteiger charge is -2.20. The third kappa shape index (κ3) is 2.82. The summed E-state index contributed by atoms with van der Waals surface area (Å²) < 4.78 is 5.23. The van der Waals surface area contributed by atoms with Crippen molar-refractivity contribution in [3.05, 3.63) is 35.9 Å². The number of hydrogen-bond acceptors (Lipinski definition) is 3. The van der Waals surface area contributed by atoms with E-state index in [1.165, 1.54) is 0 Å². The summed E-state index contributed by atoms with van der Waals surface area (Å²) in [7, 11) is 0. The van der Waals surface area contributed by atoms with Gasteiger partial charge in [0, 0.05) is 12.5 Å². The molecule has 4 heteroatoms. The van der Waals surface area contributed by atoms with Crippen molar-refractivity contribution in [2.24, 2.45) is 5.92 Å². The number of benzene rings is 1. The minimum Gasteiger partial charge on any atom is -0.445 e. The maximum absolute atomic E-state index is 11.8. The Morgan fingerprint density at radius 3 is 2.72 bits per heavy atom. The van der Waals surface area contributed by atoms with E-state index in [9.17, 15) is 9.90 Å². The van der Waals surface area contributed by atoms with Crippen LogP contribution in [0, 0.1) is 5.92 Å². The molecule has 1 aliphatic heterocycles. The molecule has 0 unspecified atom stereocenters. The standard InChI is InChI=1S/C14H19NO3/c1-11-8-15(10-14(11,2)17)13(16)18-9-12-6-4-3-5-7-12/h3-7,11,17H,8-10H2,1-2H3/t11-,14-/m0/s1. The van der Waals surface area contributed by atoms with Crippen LogP contribution in [0.5, 0.6) is 0 Å². The fourth-order valence-corrected chi connectivity index (χ4v) is 2.08. The van der Waals surface area contributed by atoms with Crippen LogP contribution in [0.3, 0.4) is 0 Å². The normalized spacial score (nSPS) is 27.3. The highest BCUT2D eigenvalue weighted by Crippen LogP contribution is 2.27. The van der Waals surface area contributed by atoms with Gasteiger partial charge in [-0.15, -0.1) is 0 Å². The number of ether oxygens (including phenoxy) is 1. The summed E-state index contributed by atoms with van der Waals surface area (Å²) in [6, 6.07) is 9.56. The zero-order valence-corrected chi connectivity index (χ0v) is 10.8. The Labute approximate surface area is 107 Å². The Kier molecular flexibility index (Phi) is 3.57. The first-order chi connectivity index (χ1) is 8.49. The van der Waals surface area contributed by atoms with Gasteiger partial charge in [0.25, 0.3) is 0 Å². The van der Waals surface area contributed by atoms with E-state index in [4.69, 9.17) is 4.74 Å². The predicted octanol–water partition coefficient (Wildman–Crippen LogP) is 2.03. The molecule has 4 nitrogen and oxygen atoms in total. The van der Waals surface area contributed by atoms with Gasteiger partial charge in [-0.2, -0.15) is 0 Å². The molecule has 1 fully saturated rings. The van der Waals surface area contributed by atoms with Crippen molar-refractivity contribution in [3.8, 4) is 0 Å². The van der Waals surface area contributed by atoms with Crippen molar-refractivity contribution in [1.82, 2.24) is 4.90 Å². The van der Waals surface area contributed by atoms with Crippen LogP contribution in [0.4, 0.5) is 4.79 Å². The minimum absolute atomic E-state index is 0.0711. The summed E-state index contributed by atoms with van der Waals surface area (Å²) in [4.78, 5) is 13.4. The number of carbonyl (C=O) groups is 1. The molecule has 1 aromatic carbocycles. The molecule has 2 atom stereocenters. The van der Waals surface area contributed by atoms with Gasteiger partial charge in [-0.25, -0.2) is 4.79 Å². The molecule has 1 aromatic rings. The zero-order valence-electron chi connectivity index (χ0n) is 10.8. The van der Waals surface area contributed by atoms with E-state index < -0.39 is 5.60 Å². The molecule has 0 saturated carbocycles. The molecule has 98 valence electrons. The lowest BCUT2D eigenvalue weighted by Crippen LogP contribution is -2.35. The quantitative estimate of drug-likeness (QED) is 0.872. The average molecular weight is 249 g/mol. The Morgan fingerprint density at radius 2 is 2.17 bits per heavy atom. The van der Waals surface area contributed by atoms with E-state index in [1.54, 1.807) is 11.8 Å². The number of β-amino-alcohol motifs (C(OH)–C–C–N with tert-alkyl or cyclic N) is 1. The highest BCUT2D eigenvalue weighted by atomic mass is 16.6. The first kappa shape index (κ1) is 12.9. The van der Waals surface area contributed by atoms with Gasteiger partial charge in [0.2, 0.25) is 0 Å². The molecule has 1 heterocycles. The molecular weight excluding hydrogens is 230 g/mol. The van der Waals surface area contributed by atoms with Crippen LogP contribution in [0.25, 0.3) is 0 Å². The average Bonchev–Trinajstić information content (AvgIpc) is 2.62. The molecule has 0 bridgehead atoms. The number of nitrogens with zero attached hydrogens (tertiary/aromatic N) is 1. The van der Waals surface area contributed by atoms with Gasteiger partial charge in [0.15, 0.2) is 0 Å². The molecule has 2 rings (SSSR count). The summed E-state index contributed by atoms with van der Waals surface area (Å²) in [5.74, 6) is 0.0711. The molecule has 0 radical (unpaired) electrons. The smallest absolute Gasteiger partial charge is 0.410 e. The Morgan fingerprint density at radius 1 is 1.50 bits per heavy atom. The van der Waals surface area contributed by atoms with Crippen molar-refractivity contribution in [1.29, 1.82) is 0 Å². The SMILES string of the molecule is C[C@H]1CN(C(=O)OCc2ccccc2)C[C@]1(C)O. The Balaban J connectivity index is 1.87. The van der Waals surface area contributed by atoms with E-state index in [-0.39, 0.29) is 18.6 Å². The van der Waals surface area contributed by atoms with Crippen LogP contribution >= 0.6 is 0 Å². The van der Waals surface area contributed by atoms with Crippen molar-refractivity contribution in [3.63, 3.8) is 0 Å². The molecule has 0 spiro atoms. The Hall–Kier alpha value is -1.55. The highest BCUT2D eigenvalue weighted by molar-refractivity contribution is 5.68. The Bertz CT molecular complexity index is 416. The molecule has 1 aliphatic rings. The second-order valence-electron chi connectivity index (χ2n) is 5.18. The fraction of sp³-hybridized carbons (Fsp3) is 0.500. The van der Waals surface area contributed by atoms with Crippen LogP contribution in [-0.2, 0) is 11.3 Å². The summed E-state index contributed by atoms with van der Waals surface area (Å²) >= 11 is 0. The van der Waals surface area contributed by atoms with Crippen molar-refractivity contribution in [2.75, 3.05) is 13.1 Å². The number of amides is 1. The maximum atomic E-state index is 11.8. The van der Waals surface area contributed by atoms with Crippen molar-refractivity contribution in [2.45, 2.75) is 26.1 Å². The third-order valence-corrected chi connectivity index (χ3v) is 3.53. The van der Waals surface area contributed by atoms with Gasteiger partial charge in [-0.1, -0.05) is 37.3 Å². The monoisotopic (exact) mass is 249 g/mol. The van der Waals surface area contributed by atoms with E-state index in [2.05, 4.69) is 0 Å². The summed E-state index contributed by atoms with van der Waals surface area (Å²) in [5, 5.41) is 10.0. The van der Waals surface area contributed by atoms with Crippen LogP contribution in [0.15, 0.2) is 30.3 Å². The predicted molar refractivity (Wildman–Crippen MR) is 68.0 cm³/mol. The van der Waals surface area contributed by atoms with Gasteiger partial charge in [0.05, 0.1) is 12.1 Å². The number of carbonyl (C=O) groups excluding carboxylic acids is 1. The van der Waals surface area contributed by atoms with Gasteiger partial charge in [0.1, 0.15) is 6.61 Å². The molecule has 1 saturated heterocycles. The number of rotatable bonds is 2. The zero-order chi connectivity index (χ0) is 13.2.